The van der Waals surface area contributed by atoms with Gasteiger partial charge in [-0.3, -0.25) is 14.6 Å². The van der Waals surface area contributed by atoms with Crippen molar-refractivity contribution >= 4 is 11.7 Å². The molecule has 130 valence electrons. The molecular weight excluding hydrogens is 330 g/mol. The first-order chi connectivity index (χ1) is 12.6. The van der Waals surface area contributed by atoms with E-state index in [1.807, 2.05) is 12.1 Å². The average Bonchev–Trinajstić information content (AvgIpc) is 2.67. The van der Waals surface area contributed by atoms with E-state index in [1.165, 1.54) is 6.92 Å². The Balaban J connectivity index is 1.76. The van der Waals surface area contributed by atoms with Crippen molar-refractivity contribution in [2.45, 2.75) is 13.5 Å². The Hall–Kier alpha value is -3.54. The van der Waals surface area contributed by atoms with Crippen LogP contribution in [-0.2, 0) is 6.54 Å². The molecular formula is C20H17N3O3. The van der Waals surface area contributed by atoms with Gasteiger partial charge in [-0.1, -0.05) is 12.1 Å². The van der Waals surface area contributed by atoms with Gasteiger partial charge in [-0.05, 0) is 48.9 Å². The second-order valence-corrected chi connectivity index (χ2v) is 5.58. The number of carbonyl (C=O) groups is 2. The van der Waals surface area contributed by atoms with E-state index < -0.39 is 0 Å². The topological polar surface area (TPSA) is 81.2 Å². The molecule has 0 fully saturated rings. The molecule has 0 radical (unpaired) electrons. The molecule has 1 amide bonds. The number of carbonyl (C=O) groups excluding carboxylic acids is 2. The number of nitrogens with zero attached hydrogens (tertiary/aromatic N) is 2. The van der Waals surface area contributed by atoms with Crippen LogP contribution < -0.4 is 10.1 Å². The lowest BCUT2D eigenvalue weighted by atomic mass is 10.1. The molecule has 26 heavy (non-hydrogen) atoms. The first-order valence-electron chi connectivity index (χ1n) is 8.04. The first kappa shape index (κ1) is 17.3. The van der Waals surface area contributed by atoms with Gasteiger partial charge in [-0.15, -0.1) is 0 Å². The molecule has 1 N–H and O–H groups in total. The summed E-state index contributed by atoms with van der Waals surface area (Å²) in [5, 5.41) is 2.83. The van der Waals surface area contributed by atoms with Gasteiger partial charge in [-0.25, -0.2) is 4.98 Å². The molecule has 0 unspecified atom stereocenters. The fourth-order valence-corrected chi connectivity index (χ4v) is 2.31. The van der Waals surface area contributed by atoms with Crippen LogP contribution in [-0.4, -0.2) is 21.7 Å². The van der Waals surface area contributed by atoms with Crippen molar-refractivity contribution in [3.8, 4) is 11.6 Å². The number of hydrogen-bond acceptors (Lipinski definition) is 5. The van der Waals surface area contributed by atoms with Gasteiger partial charge in [0.25, 0.3) is 5.91 Å². The molecule has 3 aromatic rings. The van der Waals surface area contributed by atoms with E-state index in [1.54, 1.807) is 55.0 Å². The zero-order chi connectivity index (χ0) is 18.4. The Labute approximate surface area is 150 Å². The quantitative estimate of drug-likeness (QED) is 0.691. The van der Waals surface area contributed by atoms with Gasteiger partial charge < -0.3 is 10.1 Å². The summed E-state index contributed by atoms with van der Waals surface area (Å²) in [5.74, 6) is 0.263. The van der Waals surface area contributed by atoms with Gasteiger partial charge in [0.15, 0.2) is 5.78 Å². The molecule has 1 aromatic carbocycles. The summed E-state index contributed by atoms with van der Waals surface area (Å²) in [6.45, 7) is 1.85. The van der Waals surface area contributed by atoms with Crippen molar-refractivity contribution in [3.63, 3.8) is 0 Å². The van der Waals surface area contributed by atoms with Crippen molar-refractivity contribution in [1.29, 1.82) is 0 Å². The van der Waals surface area contributed by atoms with E-state index in [4.69, 9.17) is 4.74 Å². The lowest BCUT2D eigenvalue weighted by Gasteiger charge is -2.11. The largest absolute Gasteiger partial charge is 0.438 e. The van der Waals surface area contributed by atoms with E-state index in [0.717, 1.165) is 5.56 Å². The highest BCUT2D eigenvalue weighted by Gasteiger charge is 2.14. The Morgan fingerprint density at radius 2 is 1.85 bits per heavy atom. The third-order valence-electron chi connectivity index (χ3n) is 3.67. The van der Waals surface area contributed by atoms with Crippen LogP contribution in [0.25, 0.3) is 0 Å². The zero-order valence-corrected chi connectivity index (χ0v) is 14.2. The third-order valence-corrected chi connectivity index (χ3v) is 3.67. The predicted octanol–water partition coefficient (Wildman–Crippen LogP) is 3.40. The predicted molar refractivity (Wildman–Crippen MR) is 96.2 cm³/mol. The summed E-state index contributed by atoms with van der Waals surface area (Å²) in [7, 11) is 0. The minimum atomic E-state index is -0.298. The molecule has 0 saturated heterocycles. The number of amides is 1. The summed E-state index contributed by atoms with van der Waals surface area (Å²) in [6.07, 6.45) is 4.88. The van der Waals surface area contributed by atoms with Crippen molar-refractivity contribution < 1.29 is 14.3 Å². The third kappa shape index (κ3) is 4.30. The fourth-order valence-electron chi connectivity index (χ4n) is 2.31. The molecule has 3 rings (SSSR count). The zero-order valence-electron chi connectivity index (χ0n) is 14.2. The molecule has 0 saturated carbocycles. The van der Waals surface area contributed by atoms with Gasteiger partial charge >= 0.3 is 0 Å². The minimum Gasteiger partial charge on any atom is -0.438 e. The van der Waals surface area contributed by atoms with Crippen molar-refractivity contribution in [1.82, 2.24) is 15.3 Å². The van der Waals surface area contributed by atoms with Gasteiger partial charge in [0.1, 0.15) is 11.3 Å². The van der Waals surface area contributed by atoms with E-state index in [-0.39, 0.29) is 17.6 Å². The standard InChI is InChI=1S/C20H17N3O3/c1-14(24)16-4-2-5-17(12-16)26-20-18(6-3-9-22-20)19(25)23-13-15-7-10-21-11-8-15/h2-12H,13H2,1H3,(H,23,25). The van der Waals surface area contributed by atoms with Gasteiger partial charge in [0, 0.05) is 30.7 Å². The van der Waals surface area contributed by atoms with Crippen molar-refractivity contribution in [2.75, 3.05) is 0 Å². The summed E-state index contributed by atoms with van der Waals surface area (Å²) < 4.78 is 5.74. The lowest BCUT2D eigenvalue weighted by Crippen LogP contribution is -2.23. The maximum absolute atomic E-state index is 12.5. The number of pyridine rings is 2. The second-order valence-electron chi connectivity index (χ2n) is 5.58. The summed E-state index contributed by atoms with van der Waals surface area (Å²) in [6, 6.07) is 13.7. The molecule has 6 nitrogen and oxygen atoms in total. The summed E-state index contributed by atoms with van der Waals surface area (Å²) >= 11 is 0. The maximum Gasteiger partial charge on any atom is 0.257 e. The first-order valence-corrected chi connectivity index (χ1v) is 8.04. The summed E-state index contributed by atoms with van der Waals surface area (Å²) in [4.78, 5) is 32.1. The van der Waals surface area contributed by atoms with Crippen LogP contribution in [0.15, 0.2) is 67.1 Å². The molecule has 0 aliphatic rings. The fraction of sp³-hybridized carbons (Fsp3) is 0.100. The molecule has 0 spiro atoms. The highest BCUT2D eigenvalue weighted by Crippen LogP contribution is 2.24. The Kier molecular flexibility index (Phi) is 5.34. The van der Waals surface area contributed by atoms with Crippen LogP contribution >= 0.6 is 0 Å². The van der Waals surface area contributed by atoms with Crippen LogP contribution in [0, 0.1) is 0 Å². The number of rotatable bonds is 6. The highest BCUT2D eigenvalue weighted by molar-refractivity contribution is 5.96. The maximum atomic E-state index is 12.5. The Bertz CT molecular complexity index is 926. The Morgan fingerprint density at radius 3 is 2.62 bits per heavy atom. The van der Waals surface area contributed by atoms with Crippen LogP contribution in [0.3, 0.4) is 0 Å². The van der Waals surface area contributed by atoms with E-state index in [9.17, 15) is 9.59 Å². The number of Topliss-reactive ketones (excluding diaryl/α,β-unsaturated/α-hetero) is 1. The highest BCUT2D eigenvalue weighted by atomic mass is 16.5. The van der Waals surface area contributed by atoms with Gasteiger partial charge in [0.2, 0.25) is 5.88 Å². The molecule has 6 heteroatoms. The second kappa shape index (κ2) is 8.02. The lowest BCUT2D eigenvalue weighted by molar-refractivity contribution is 0.0946. The van der Waals surface area contributed by atoms with Gasteiger partial charge in [0.05, 0.1) is 0 Å². The molecule has 0 aliphatic heterocycles. The van der Waals surface area contributed by atoms with E-state index >= 15 is 0 Å². The summed E-state index contributed by atoms with van der Waals surface area (Å²) in [5.41, 5.74) is 1.78. The number of ketones is 1. The molecule has 2 aromatic heterocycles. The van der Waals surface area contributed by atoms with E-state index in [2.05, 4.69) is 15.3 Å². The van der Waals surface area contributed by atoms with Crippen LogP contribution in [0.4, 0.5) is 0 Å². The minimum absolute atomic E-state index is 0.0632. The van der Waals surface area contributed by atoms with E-state index in [0.29, 0.717) is 23.4 Å². The molecule has 0 bridgehead atoms. The Morgan fingerprint density at radius 1 is 1.04 bits per heavy atom. The average molecular weight is 347 g/mol. The van der Waals surface area contributed by atoms with Crippen molar-refractivity contribution in [2.24, 2.45) is 0 Å². The van der Waals surface area contributed by atoms with Gasteiger partial charge in [-0.2, -0.15) is 0 Å². The van der Waals surface area contributed by atoms with Crippen LogP contribution in [0.2, 0.25) is 0 Å². The number of nitrogens with one attached hydrogen (secondary N) is 1. The number of hydrogen-bond donors (Lipinski definition) is 1. The normalized spacial score (nSPS) is 10.2. The van der Waals surface area contributed by atoms with Crippen LogP contribution in [0.1, 0.15) is 33.2 Å². The molecule has 0 atom stereocenters. The molecule has 2 heterocycles. The number of aromatic nitrogens is 2. The van der Waals surface area contributed by atoms with Crippen molar-refractivity contribution in [3.05, 3.63) is 83.8 Å². The number of benzene rings is 1. The van der Waals surface area contributed by atoms with Crippen LogP contribution in [0.5, 0.6) is 11.6 Å². The number of ether oxygens (including phenoxy) is 1. The smallest absolute Gasteiger partial charge is 0.257 e. The molecule has 0 aliphatic carbocycles. The SMILES string of the molecule is CC(=O)c1cccc(Oc2ncccc2C(=O)NCc2ccncc2)c1. The monoisotopic (exact) mass is 347 g/mol.